The zero-order chi connectivity index (χ0) is 16.1. The Labute approximate surface area is 141 Å². The molecular weight excluding hydrogens is 338 g/mol. The molecule has 0 aliphatic carbocycles. The molecule has 0 unspecified atom stereocenters. The Bertz CT molecular complexity index is 768. The molecule has 0 aliphatic heterocycles. The Hall–Kier alpha value is -2.31. The molecule has 23 heavy (non-hydrogen) atoms. The monoisotopic (exact) mass is 349 g/mol. The van der Waals surface area contributed by atoms with Crippen LogP contribution in [0.15, 0.2) is 52.4 Å². The predicted octanol–water partition coefficient (Wildman–Crippen LogP) is 4.18. The van der Waals surface area contributed by atoms with Crippen molar-refractivity contribution in [1.82, 2.24) is 5.16 Å². The average Bonchev–Trinajstić information content (AvgIpc) is 3.23. The second-order valence-corrected chi connectivity index (χ2v) is 5.95. The molecule has 0 N–H and O–H groups in total. The number of halogens is 1. The topological polar surface area (TPSA) is 61.6 Å². The molecule has 0 amide bonds. The van der Waals surface area contributed by atoms with Crippen molar-refractivity contribution < 1.29 is 18.8 Å². The standard InChI is InChI=1S/C16H12ClNO4S/c17-11-3-5-13(6-4-11)20-10-16(19)21-9-12-8-14(22-18-12)15-2-1-7-23-15/h1-8H,9-10H2. The molecule has 0 fully saturated rings. The zero-order valence-electron chi connectivity index (χ0n) is 11.9. The van der Waals surface area contributed by atoms with Gasteiger partial charge in [0, 0.05) is 11.1 Å². The molecule has 0 aliphatic rings. The van der Waals surface area contributed by atoms with Crippen LogP contribution in [0.2, 0.25) is 5.02 Å². The van der Waals surface area contributed by atoms with Crippen LogP contribution in [-0.2, 0) is 16.1 Å². The van der Waals surface area contributed by atoms with Crippen molar-refractivity contribution in [2.45, 2.75) is 6.61 Å². The van der Waals surface area contributed by atoms with Crippen LogP contribution < -0.4 is 4.74 Å². The minimum Gasteiger partial charge on any atom is -0.482 e. The van der Waals surface area contributed by atoms with E-state index >= 15 is 0 Å². The van der Waals surface area contributed by atoms with Crippen LogP contribution in [0.25, 0.3) is 10.6 Å². The van der Waals surface area contributed by atoms with E-state index in [0.717, 1.165) is 4.88 Å². The molecule has 3 rings (SSSR count). The molecule has 118 valence electrons. The predicted molar refractivity (Wildman–Crippen MR) is 86.6 cm³/mol. The first-order valence-electron chi connectivity index (χ1n) is 6.74. The molecule has 0 saturated heterocycles. The number of benzene rings is 1. The first-order chi connectivity index (χ1) is 11.2. The quantitative estimate of drug-likeness (QED) is 0.625. The summed E-state index contributed by atoms with van der Waals surface area (Å²) in [6.07, 6.45) is 0. The van der Waals surface area contributed by atoms with Gasteiger partial charge in [0.25, 0.3) is 0 Å². The summed E-state index contributed by atoms with van der Waals surface area (Å²) in [5.74, 6) is 0.719. The van der Waals surface area contributed by atoms with Crippen molar-refractivity contribution in [3.8, 4) is 16.4 Å². The van der Waals surface area contributed by atoms with Gasteiger partial charge >= 0.3 is 5.97 Å². The highest BCUT2D eigenvalue weighted by Gasteiger charge is 2.10. The smallest absolute Gasteiger partial charge is 0.344 e. The normalized spacial score (nSPS) is 10.5. The summed E-state index contributed by atoms with van der Waals surface area (Å²) in [7, 11) is 0. The van der Waals surface area contributed by atoms with Gasteiger partial charge in [-0.25, -0.2) is 4.79 Å². The van der Waals surface area contributed by atoms with Gasteiger partial charge in [-0.05, 0) is 35.7 Å². The van der Waals surface area contributed by atoms with E-state index in [1.54, 1.807) is 41.7 Å². The molecule has 0 saturated carbocycles. The van der Waals surface area contributed by atoms with E-state index in [-0.39, 0.29) is 13.2 Å². The summed E-state index contributed by atoms with van der Waals surface area (Å²) in [4.78, 5) is 12.6. The third-order valence-corrected chi connectivity index (χ3v) is 4.01. The maximum Gasteiger partial charge on any atom is 0.344 e. The molecule has 0 spiro atoms. The van der Waals surface area contributed by atoms with Gasteiger partial charge < -0.3 is 14.0 Å². The number of carbonyl (C=O) groups is 1. The molecule has 2 heterocycles. The zero-order valence-corrected chi connectivity index (χ0v) is 13.5. The highest BCUT2D eigenvalue weighted by molar-refractivity contribution is 7.13. The highest BCUT2D eigenvalue weighted by atomic mass is 35.5. The maximum atomic E-state index is 11.7. The Morgan fingerprint density at radius 1 is 1.26 bits per heavy atom. The van der Waals surface area contributed by atoms with Crippen LogP contribution in [0, 0.1) is 0 Å². The molecule has 0 bridgehead atoms. The fourth-order valence-corrected chi connectivity index (χ4v) is 2.58. The minimum atomic E-state index is -0.486. The van der Waals surface area contributed by atoms with E-state index in [4.69, 9.17) is 25.6 Å². The fourth-order valence-electron chi connectivity index (χ4n) is 1.78. The number of nitrogens with zero attached hydrogens (tertiary/aromatic N) is 1. The first kappa shape index (κ1) is 15.6. The van der Waals surface area contributed by atoms with Gasteiger partial charge in [0.15, 0.2) is 12.4 Å². The SMILES string of the molecule is O=C(COc1ccc(Cl)cc1)OCc1cc(-c2cccs2)on1. The lowest BCUT2D eigenvalue weighted by Crippen LogP contribution is -2.14. The molecule has 0 radical (unpaired) electrons. The van der Waals surface area contributed by atoms with Gasteiger partial charge in [0.05, 0.1) is 4.88 Å². The average molecular weight is 350 g/mol. The second-order valence-electron chi connectivity index (χ2n) is 4.56. The largest absolute Gasteiger partial charge is 0.482 e. The lowest BCUT2D eigenvalue weighted by molar-refractivity contribution is -0.147. The first-order valence-corrected chi connectivity index (χ1v) is 8.00. The molecule has 0 atom stereocenters. The van der Waals surface area contributed by atoms with Crippen molar-refractivity contribution in [3.05, 3.63) is 58.6 Å². The lowest BCUT2D eigenvalue weighted by atomic mass is 10.3. The minimum absolute atomic E-state index is 0.0394. The van der Waals surface area contributed by atoms with Crippen LogP contribution in [0.5, 0.6) is 5.75 Å². The lowest BCUT2D eigenvalue weighted by Gasteiger charge is -2.05. The molecule has 7 heteroatoms. The van der Waals surface area contributed by atoms with Crippen molar-refractivity contribution in [2.75, 3.05) is 6.61 Å². The Morgan fingerprint density at radius 2 is 2.09 bits per heavy atom. The van der Waals surface area contributed by atoms with Crippen LogP contribution in [0.3, 0.4) is 0 Å². The number of esters is 1. The van der Waals surface area contributed by atoms with Gasteiger partial charge in [0.1, 0.15) is 18.1 Å². The van der Waals surface area contributed by atoms with E-state index in [9.17, 15) is 4.79 Å². The number of aromatic nitrogens is 1. The summed E-state index contributed by atoms with van der Waals surface area (Å²) < 4.78 is 15.6. The Morgan fingerprint density at radius 3 is 2.83 bits per heavy atom. The van der Waals surface area contributed by atoms with Crippen molar-refractivity contribution >= 4 is 28.9 Å². The van der Waals surface area contributed by atoms with Crippen molar-refractivity contribution in [3.63, 3.8) is 0 Å². The number of thiophene rings is 1. The fraction of sp³-hybridized carbons (Fsp3) is 0.125. The summed E-state index contributed by atoms with van der Waals surface area (Å²) in [6, 6.07) is 12.3. The van der Waals surface area contributed by atoms with Crippen LogP contribution in [0.1, 0.15) is 5.69 Å². The molecule has 1 aromatic carbocycles. The summed E-state index contributed by atoms with van der Waals surface area (Å²) in [5, 5.41) is 6.43. The number of hydrogen-bond donors (Lipinski definition) is 0. The third kappa shape index (κ3) is 4.34. The van der Waals surface area contributed by atoms with Crippen LogP contribution in [0.4, 0.5) is 0 Å². The van der Waals surface area contributed by atoms with E-state index in [2.05, 4.69) is 5.16 Å². The maximum absolute atomic E-state index is 11.7. The molecule has 5 nitrogen and oxygen atoms in total. The second kappa shape index (κ2) is 7.30. The van der Waals surface area contributed by atoms with E-state index < -0.39 is 5.97 Å². The van der Waals surface area contributed by atoms with Gasteiger partial charge in [0.2, 0.25) is 0 Å². The van der Waals surface area contributed by atoms with E-state index in [1.807, 2.05) is 17.5 Å². The Kier molecular flexibility index (Phi) is 4.95. The Balaban J connectivity index is 1.46. The molecule has 2 aromatic heterocycles. The van der Waals surface area contributed by atoms with Gasteiger partial charge in [-0.1, -0.05) is 22.8 Å². The third-order valence-electron chi connectivity index (χ3n) is 2.87. The molecular formula is C16H12ClNO4S. The van der Waals surface area contributed by atoms with Crippen LogP contribution in [-0.4, -0.2) is 17.7 Å². The van der Waals surface area contributed by atoms with E-state index in [1.165, 1.54) is 0 Å². The van der Waals surface area contributed by atoms with Gasteiger partial charge in [-0.2, -0.15) is 0 Å². The highest BCUT2D eigenvalue weighted by Crippen LogP contribution is 2.25. The van der Waals surface area contributed by atoms with Crippen molar-refractivity contribution in [2.24, 2.45) is 0 Å². The molecule has 3 aromatic rings. The van der Waals surface area contributed by atoms with Gasteiger partial charge in [-0.15, -0.1) is 11.3 Å². The van der Waals surface area contributed by atoms with Crippen LogP contribution >= 0.6 is 22.9 Å². The summed E-state index contributed by atoms with van der Waals surface area (Å²) >= 11 is 7.32. The number of rotatable bonds is 6. The number of carbonyl (C=O) groups excluding carboxylic acids is 1. The number of hydrogen-bond acceptors (Lipinski definition) is 6. The van der Waals surface area contributed by atoms with Gasteiger partial charge in [-0.3, -0.25) is 0 Å². The summed E-state index contributed by atoms with van der Waals surface area (Å²) in [6.45, 7) is -0.144. The van der Waals surface area contributed by atoms with Crippen molar-refractivity contribution in [1.29, 1.82) is 0 Å². The summed E-state index contributed by atoms with van der Waals surface area (Å²) in [5.41, 5.74) is 0.549. The number of ether oxygens (including phenoxy) is 2. The van der Waals surface area contributed by atoms with E-state index in [0.29, 0.717) is 22.2 Å².